The second-order valence-electron chi connectivity index (χ2n) is 4.49. The molecule has 0 atom stereocenters. The van der Waals surface area contributed by atoms with Crippen molar-refractivity contribution >= 4 is 17.1 Å². The van der Waals surface area contributed by atoms with E-state index in [9.17, 15) is 10.1 Å². The molecule has 0 bridgehead atoms. The number of nitrogens with zero attached hydrogens (tertiary/aromatic N) is 1. The van der Waals surface area contributed by atoms with Gasteiger partial charge in [-0.3, -0.25) is 10.1 Å². The molecule has 1 aromatic carbocycles. The Morgan fingerprint density at radius 2 is 2.18 bits per heavy atom. The molecule has 0 unspecified atom stereocenters. The van der Waals surface area contributed by atoms with Crippen LogP contribution in [0.2, 0.25) is 0 Å². The monoisotopic (exact) mass is 237 g/mol. The predicted octanol–water partition coefficient (Wildman–Crippen LogP) is 3.03. The first-order chi connectivity index (χ1) is 8.00. The summed E-state index contributed by atoms with van der Waals surface area (Å²) in [6.45, 7) is 5.23. The molecule has 0 heterocycles. The van der Waals surface area contributed by atoms with Crippen molar-refractivity contribution in [2.45, 2.75) is 26.7 Å². The lowest BCUT2D eigenvalue weighted by atomic mass is 10.1. The second kappa shape index (κ2) is 6.08. The van der Waals surface area contributed by atoms with Crippen LogP contribution in [0.25, 0.3) is 0 Å². The van der Waals surface area contributed by atoms with E-state index in [1.807, 2.05) is 0 Å². The molecule has 0 saturated heterocycles. The predicted molar refractivity (Wildman–Crippen MR) is 70.1 cm³/mol. The van der Waals surface area contributed by atoms with Crippen molar-refractivity contribution in [3.63, 3.8) is 0 Å². The lowest BCUT2D eigenvalue weighted by Crippen LogP contribution is -2.04. The fraction of sp³-hybridized carbons (Fsp3) is 0.500. The molecular formula is C12H19N3O2. The molecular weight excluding hydrogens is 218 g/mol. The zero-order valence-corrected chi connectivity index (χ0v) is 10.3. The summed E-state index contributed by atoms with van der Waals surface area (Å²) in [5.74, 6) is 0.693. The van der Waals surface area contributed by atoms with E-state index in [-0.39, 0.29) is 11.4 Å². The minimum absolute atomic E-state index is 0.0438. The van der Waals surface area contributed by atoms with Crippen LogP contribution in [0.1, 0.15) is 26.7 Å². The van der Waals surface area contributed by atoms with Gasteiger partial charge in [-0.1, -0.05) is 13.8 Å². The van der Waals surface area contributed by atoms with Gasteiger partial charge in [0.05, 0.1) is 4.92 Å². The van der Waals surface area contributed by atoms with Crippen LogP contribution in [0.15, 0.2) is 18.2 Å². The van der Waals surface area contributed by atoms with Crippen LogP contribution in [0, 0.1) is 16.0 Å². The average Bonchev–Trinajstić information content (AvgIpc) is 2.23. The number of hydrogen-bond donors (Lipinski definition) is 2. The molecule has 0 fully saturated rings. The van der Waals surface area contributed by atoms with Crippen LogP contribution in [-0.4, -0.2) is 11.5 Å². The maximum atomic E-state index is 10.6. The lowest BCUT2D eigenvalue weighted by molar-refractivity contribution is -0.383. The molecule has 0 radical (unpaired) electrons. The molecule has 0 aliphatic carbocycles. The van der Waals surface area contributed by atoms with Gasteiger partial charge in [-0.05, 0) is 30.9 Å². The number of nitro benzene ring substituents is 1. The molecule has 17 heavy (non-hydrogen) atoms. The molecule has 3 N–H and O–H groups in total. The third kappa shape index (κ3) is 4.30. The second-order valence-corrected chi connectivity index (χ2v) is 4.49. The van der Waals surface area contributed by atoms with Crippen LogP contribution in [-0.2, 0) is 0 Å². The number of rotatable bonds is 6. The molecule has 0 amide bonds. The van der Waals surface area contributed by atoms with E-state index in [4.69, 9.17) is 5.73 Å². The molecule has 0 saturated carbocycles. The van der Waals surface area contributed by atoms with E-state index in [1.54, 1.807) is 12.1 Å². The number of nitrogens with one attached hydrogen (secondary N) is 1. The minimum atomic E-state index is -0.474. The average molecular weight is 237 g/mol. The summed E-state index contributed by atoms with van der Waals surface area (Å²) in [4.78, 5) is 10.1. The summed E-state index contributed by atoms with van der Waals surface area (Å²) in [6, 6.07) is 4.72. The highest BCUT2D eigenvalue weighted by Gasteiger charge is 2.10. The van der Waals surface area contributed by atoms with E-state index in [0.717, 1.165) is 25.1 Å². The number of nitrogen functional groups attached to an aromatic ring is 1. The fourth-order valence-corrected chi connectivity index (χ4v) is 1.57. The summed E-state index contributed by atoms with van der Waals surface area (Å²) in [6.07, 6.45) is 2.24. The van der Waals surface area contributed by atoms with Gasteiger partial charge in [0.1, 0.15) is 5.69 Å². The SMILES string of the molecule is CC(C)CCCNc1ccc([N+](=O)[O-])c(N)c1. The number of benzene rings is 1. The highest BCUT2D eigenvalue weighted by atomic mass is 16.6. The van der Waals surface area contributed by atoms with Crippen molar-refractivity contribution < 1.29 is 4.92 Å². The van der Waals surface area contributed by atoms with E-state index in [0.29, 0.717) is 5.92 Å². The van der Waals surface area contributed by atoms with Gasteiger partial charge in [0.15, 0.2) is 0 Å². The quantitative estimate of drug-likeness (QED) is 0.345. The van der Waals surface area contributed by atoms with Gasteiger partial charge >= 0.3 is 0 Å². The van der Waals surface area contributed by atoms with E-state index >= 15 is 0 Å². The Morgan fingerprint density at radius 3 is 2.71 bits per heavy atom. The molecule has 0 aliphatic heterocycles. The molecule has 94 valence electrons. The van der Waals surface area contributed by atoms with Crippen LogP contribution in [0.4, 0.5) is 17.1 Å². The summed E-state index contributed by atoms with van der Waals surface area (Å²) in [7, 11) is 0. The Morgan fingerprint density at radius 1 is 1.47 bits per heavy atom. The first-order valence-corrected chi connectivity index (χ1v) is 5.78. The van der Waals surface area contributed by atoms with Gasteiger partial charge < -0.3 is 11.1 Å². The van der Waals surface area contributed by atoms with E-state index in [2.05, 4.69) is 19.2 Å². The van der Waals surface area contributed by atoms with Gasteiger partial charge in [-0.25, -0.2) is 0 Å². The van der Waals surface area contributed by atoms with Crippen molar-refractivity contribution in [1.29, 1.82) is 0 Å². The lowest BCUT2D eigenvalue weighted by Gasteiger charge is -2.08. The number of nitro groups is 1. The standard InChI is InChI=1S/C12H19N3O2/c1-9(2)4-3-7-14-10-5-6-12(15(16)17)11(13)8-10/h5-6,8-9,14H,3-4,7,13H2,1-2H3. The van der Waals surface area contributed by atoms with Crippen LogP contribution in [0.5, 0.6) is 0 Å². The topological polar surface area (TPSA) is 81.2 Å². The third-order valence-corrected chi connectivity index (χ3v) is 2.51. The number of hydrogen-bond acceptors (Lipinski definition) is 4. The maximum Gasteiger partial charge on any atom is 0.292 e. The van der Waals surface area contributed by atoms with Gasteiger partial charge in [0, 0.05) is 18.3 Å². The number of nitrogens with two attached hydrogens (primary N) is 1. The van der Waals surface area contributed by atoms with Crippen molar-refractivity contribution in [3.8, 4) is 0 Å². The van der Waals surface area contributed by atoms with Crippen LogP contribution in [0.3, 0.4) is 0 Å². The van der Waals surface area contributed by atoms with Gasteiger partial charge in [-0.2, -0.15) is 0 Å². The Labute approximate surface area is 101 Å². The molecule has 5 nitrogen and oxygen atoms in total. The van der Waals surface area contributed by atoms with E-state index < -0.39 is 4.92 Å². The van der Waals surface area contributed by atoms with Crippen LogP contribution < -0.4 is 11.1 Å². The van der Waals surface area contributed by atoms with Gasteiger partial charge in [-0.15, -0.1) is 0 Å². The smallest absolute Gasteiger partial charge is 0.292 e. The van der Waals surface area contributed by atoms with Crippen LogP contribution >= 0.6 is 0 Å². The normalized spacial score (nSPS) is 10.5. The Bertz CT molecular complexity index is 391. The fourth-order valence-electron chi connectivity index (χ4n) is 1.57. The van der Waals surface area contributed by atoms with Crippen molar-refractivity contribution in [2.75, 3.05) is 17.6 Å². The summed E-state index contributed by atoms with van der Waals surface area (Å²) < 4.78 is 0. The summed E-state index contributed by atoms with van der Waals surface area (Å²) >= 11 is 0. The molecule has 0 spiro atoms. The summed E-state index contributed by atoms with van der Waals surface area (Å²) in [5, 5.41) is 13.8. The van der Waals surface area contributed by atoms with E-state index in [1.165, 1.54) is 6.07 Å². The van der Waals surface area contributed by atoms with Gasteiger partial charge in [0.2, 0.25) is 0 Å². The Hall–Kier alpha value is -1.78. The Balaban J connectivity index is 2.50. The molecule has 5 heteroatoms. The third-order valence-electron chi connectivity index (χ3n) is 2.51. The molecule has 0 aromatic heterocycles. The highest BCUT2D eigenvalue weighted by Crippen LogP contribution is 2.24. The molecule has 1 aromatic rings. The maximum absolute atomic E-state index is 10.6. The first-order valence-electron chi connectivity index (χ1n) is 5.78. The molecule has 1 rings (SSSR count). The first kappa shape index (κ1) is 13.3. The zero-order valence-electron chi connectivity index (χ0n) is 10.3. The number of anilines is 2. The van der Waals surface area contributed by atoms with Gasteiger partial charge in [0.25, 0.3) is 5.69 Å². The molecule has 0 aliphatic rings. The minimum Gasteiger partial charge on any atom is -0.393 e. The van der Waals surface area contributed by atoms with Crippen molar-refractivity contribution in [2.24, 2.45) is 5.92 Å². The summed E-state index contributed by atoms with van der Waals surface area (Å²) in [5.41, 5.74) is 6.58. The zero-order chi connectivity index (χ0) is 12.8. The van der Waals surface area contributed by atoms with Crippen molar-refractivity contribution in [1.82, 2.24) is 0 Å². The van der Waals surface area contributed by atoms with Crippen molar-refractivity contribution in [3.05, 3.63) is 28.3 Å². The largest absolute Gasteiger partial charge is 0.393 e. The Kier molecular flexibility index (Phi) is 4.75. The highest BCUT2D eigenvalue weighted by molar-refractivity contribution is 5.65.